The van der Waals surface area contributed by atoms with Crippen molar-refractivity contribution in [3.05, 3.63) is 53.9 Å². The van der Waals surface area contributed by atoms with Crippen molar-refractivity contribution in [3.8, 4) is 0 Å². The monoisotopic (exact) mass is 281 g/mol. The summed E-state index contributed by atoms with van der Waals surface area (Å²) in [7, 11) is 1.77. The Hall–Kier alpha value is -2.69. The molecule has 0 aliphatic carbocycles. The number of carbonyl (C=O) groups excluding carboxylic acids is 2. The number of nitrogens with one attached hydrogen (secondary N) is 1. The molecule has 106 valence electrons. The van der Waals surface area contributed by atoms with E-state index >= 15 is 0 Å². The van der Waals surface area contributed by atoms with Gasteiger partial charge in [-0.25, -0.2) is 0 Å². The highest BCUT2D eigenvalue weighted by atomic mass is 16.2. The van der Waals surface area contributed by atoms with E-state index in [9.17, 15) is 9.59 Å². The molecule has 1 aliphatic heterocycles. The first-order valence-corrected chi connectivity index (χ1v) is 6.76. The minimum Gasteiger partial charge on any atom is -0.322 e. The van der Waals surface area contributed by atoms with Gasteiger partial charge in [-0.1, -0.05) is 0 Å². The van der Waals surface area contributed by atoms with Crippen LogP contribution in [0.1, 0.15) is 22.3 Å². The molecule has 0 spiro atoms. The Morgan fingerprint density at radius 2 is 2.14 bits per heavy atom. The number of carbonyl (C=O) groups is 2. The van der Waals surface area contributed by atoms with Crippen LogP contribution in [0.5, 0.6) is 0 Å². The number of amides is 2. The van der Waals surface area contributed by atoms with Crippen LogP contribution in [0, 0.1) is 0 Å². The summed E-state index contributed by atoms with van der Waals surface area (Å²) in [4.78, 5) is 29.3. The van der Waals surface area contributed by atoms with Crippen LogP contribution in [0.2, 0.25) is 0 Å². The number of pyridine rings is 1. The molecule has 3 rings (SSSR count). The number of aryl methyl sites for hydroxylation is 1. The molecule has 1 aliphatic rings. The van der Waals surface area contributed by atoms with Crippen LogP contribution < -0.4 is 10.2 Å². The van der Waals surface area contributed by atoms with E-state index < -0.39 is 0 Å². The fourth-order valence-electron chi connectivity index (χ4n) is 2.43. The predicted molar refractivity (Wildman–Crippen MR) is 80.4 cm³/mol. The van der Waals surface area contributed by atoms with E-state index in [4.69, 9.17) is 0 Å². The molecule has 0 radical (unpaired) electrons. The molecule has 0 saturated heterocycles. The van der Waals surface area contributed by atoms with Crippen LogP contribution in [-0.4, -0.2) is 23.8 Å². The number of hydrogen-bond donors (Lipinski definition) is 1. The summed E-state index contributed by atoms with van der Waals surface area (Å²) >= 11 is 0. The Kier molecular flexibility index (Phi) is 3.39. The Bertz CT molecular complexity index is 698. The van der Waals surface area contributed by atoms with Crippen molar-refractivity contribution in [3.63, 3.8) is 0 Å². The quantitative estimate of drug-likeness (QED) is 0.918. The maximum Gasteiger partial charge on any atom is 0.257 e. The van der Waals surface area contributed by atoms with Crippen LogP contribution >= 0.6 is 0 Å². The van der Waals surface area contributed by atoms with Gasteiger partial charge in [-0.05, 0) is 42.3 Å². The third-order valence-electron chi connectivity index (χ3n) is 3.60. The van der Waals surface area contributed by atoms with Gasteiger partial charge in [0.15, 0.2) is 0 Å². The Morgan fingerprint density at radius 3 is 2.90 bits per heavy atom. The molecule has 1 aromatic carbocycles. The molecule has 2 heterocycles. The Labute approximate surface area is 122 Å². The molecule has 5 nitrogen and oxygen atoms in total. The summed E-state index contributed by atoms with van der Waals surface area (Å²) < 4.78 is 0. The number of anilines is 2. The summed E-state index contributed by atoms with van der Waals surface area (Å²) in [6.07, 6.45) is 4.36. The lowest BCUT2D eigenvalue weighted by atomic mass is 10.0. The second kappa shape index (κ2) is 5.36. The molecular formula is C16H15N3O2. The van der Waals surface area contributed by atoms with Gasteiger partial charge in [0.2, 0.25) is 5.91 Å². The van der Waals surface area contributed by atoms with Crippen LogP contribution in [0.25, 0.3) is 0 Å². The SMILES string of the molecule is CN1C(=O)CCc2cc(NC(=O)c3cccnc3)ccc21. The summed E-state index contributed by atoms with van der Waals surface area (Å²) in [6.45, 7) is 0. The molecular weight excluding hydrogens is 266 g/mol. The van der Waals surface area contributed by atoms with Crippen LogP contribution in [-0.2, 0) is 11.2 Å². The number of hydrogen-bond acceptors (Lipinski definition) is 3. The molecule has 0 unspecified atom stereocenters. The number of nitrogens with zero attached hydrogens (tertiary/aromatic N) is 2. The molecule has 2 aromatic rings. The van der Waals surface area contributed by atoms with Crippen molar-refractivity contribution < 1.29 is 9.59 Å². The minimum absolute atomic E-state index is 0.120. The predicted octanol–water partition coefficient (Wildman–Crippen LogP) is 2.24. The second-order valence-electron chi connectivity index (χ2n) is 4.99. The Balaban J connectivity index is 1.82. The highest BCUT2D eigenvalue weighted by Crippen LogP contribution is 2.29. The van der Waals surface area contributed by atoms with Crippen LogP contribution in [0.3, 0.4) is 0 Å². The van der Waals surface area contributed by atoms with E-state index in [-0.39, 0.29) is 11.8 Å². The summed E-state index contributed by atoms with van der Waals surface area (Å²) in [5.74, 6) is -0.0714. The van der Waals surface area contributed by atoms with Gasteiger partial charge < -0.3 is 10.2 Å². The fourth-order valence-corrected chi connectivity index (χ4v) is 2.43. The molecule has 1 aromatic heterocycles. The van der Waals surface area contributed by atoms with E-state index in [0.717, 1.165) is 16.9 Å². The fraction of sp³-hybridized carbons (Fsp3) is 0.188. The van der Waals surface area contributed by atoms with Crippen molar-refractivity contribution in [2.45, 2.75) is 12.8 Å². The van der Waals surface area contributed by atoms with Gasteiger partial charge in [-0.15, -0.1) is 0 Å². The summed E-state index contributed by atoms with van der Waals surface area (Å²) in [6, 6.07) is 9.04. The zero-order valence-electron chi connectivity index (χ0n) is 11.7. The number of rotatable bonds is 2. The van der Waals surface area contributed by atoms with E-state index in [1.165, 1.54) is 6.20 Å². The maximum absolute atomic E-state index is 12.1. The first kappa shape index (κ1) is 13.3. The largest absolute Gasteiger partial charge is 0.322 e. The summed E-state index contributed by atoms with van der Waals surface area (Å²) in [5, 5.41) is 2.85. The average molecular weight is 281 g/mol. The van der Waals surface area contributed by atoms with Crippen molar-refractivity contribution >= 4 is 23.2 Å². The zero-order valence-corrected chi connectivity index (χ0v) is 11.7. The lowest BCUT2D eigenvalue weighted by Crippen LogP contribution is -2.31. The van der Waals surface area contributed by atoms with Gasteiger partial charge >= 0.3 is 0 Å². The molecule has 0 saturated carbocycles. The maximum atomic E-state index is 12.1. The molecule has 5 heteroatoms. The molecule has 1 N–H and O–H groups in total. The van der Waals surface area contributed by atoms with Crippen molar-refractivity contribution in [1.82, 2.24) is 4.98 Å². The minimum atomic E-state index is -0.191. The normalized spacial score (nSPS) is 13.8. The zero-order chi connectivity index (χ0) is 14.8. The van der Waals surface area contributed by atoms with E-state index in [1.54, 1.807) is 30.3 Å². The highest BCUT2D eigenvalue weighted by molar-refractivity contribution is 6.04. The smallest absolute Gasteiger partial charge is 0.257 e. The van der Waals surface area contributed by atoms with Crippen molar-refractivity contribution in [1.29, 1.82) is 0 Å². The Morgan fingerprint density at radius 1 is 1.29 bits per heavy atom. The van der Waals surface area contributed by atoms with Gasteiger partial charge in [0, 0.05) is 37.2 Å². The van der Waals surface area contributed by atoms with Crippen molar-refractivity contribution in [2.24, 2.45) is 0 Å². The second-order valence-corrected chi connectivity index (χ2v) is 4.99. The third-order valence-corrected chi connectivity index (χ3v) is 3.60. The van der Waals surface area contributed by atoms with E-state index in [2.05, 4.69) is 10.3 Å². The van der Waals surface area contributed by atoms with Gasteiger partial charge in [-0.2, -0.15) is 0 Å². The lowest BCUT2D eigenvalue weighted by Gasteiger charge is -2.26. The van der Waals surface area contributed by atoms with E-state index in [0.29, 0.717) is 18.4 Å². The van der Waals surface area contributed by atoms with Gasteiger partial charge in [0.1, 0.15) is 0 Å². The molecule has 2 amide bonds. The number of fused-ring (bicyclic) bond motifs is 1. The van der Waals surface area contributed by atoms with E-state index in [1.807, 2.05) is 18.2 Å². The van der Waals surface area contributed by atoms with Gasteiger partial charge in [-0.3, -0.25) is 14.6 Å². The first-order valence-electron chi connectivity index (χ1n) is 6.76. The highest BCUT2D eigenvalue weighted by Gasteiger charge is 2.21. The number of benzene rings is 1. The van der Waals surface area contributed by atoms with Gasteiger partial charge in [0.05, 0.1) is 5.56 Å². The lowest BCUT2D eigenvalue weighted by molar-refractivity contribution is -0.118. The van der Waals surface area contributed by atoms with Crippen molar-refractivity contribution in [2.75, 3.05) is 17.3 Å². The topological polar surface area (TPSA) is 62.3 Å². The summed E-state index contributed by atoms with van der Waals surface area (Å²) in [5.41, 5.74) is 3.22. The number of aromatic nitrogens is 1. The van der Waals surface area contributed by atoms with Crippen LogP contribution in [0.15, 0.2) is 42.7 Å². The third kappa shape index (κ3) is 2.63. The molecule has 0 atom stereocenters. The first-order chi connectivity index (χ1) is 10.1. The van der Waals surface area contributed by atoms with Crippen LogP contribution in [0.4, 0.5) is 11.4 Å². The molecule has 0 fully saturated rings. The van der Waals surface area contributed by atoms with Gasteiger partial charge in [0.25, 0.3) is 5.91 Å². The average Bonchev–Trinajstić information content (AvgIpc) is 2.52. The standard InChI is InChI=1S/C16H15N3O2/c1-19-14-6-5-13(9-11(14)4-7-15(19)20)18-16(21)12-3-2-8-17-10-12/h2-3,5-6,8-10H,4,7H2,1H3,(H,18,21). The molecule has 0 bridgehead atoms. The molecule has 21 heavy (non-hydrogen) atoms.